The van der Waals surface area contributed by atoms with Crippen LogP contribution in [0.15, 0.2) is 42.6 Å². The van der Waals surface area contributed by atoms with Crippen molar-refractivity contribution in [3.05, 3.63) is 53.7 Å². The molecule has 0 aliphatic carbocycles. The fraction of sp³-hybridized carbons (Fsp3) is 0.333. The quantitative estimate of drug-likeness (QED) is 0.856. The number of rotatable bonds is 6. The number of benzene rings is 1. The zero-order chi connectivity index (χ0) is 15.9. The summed E-state index contributed by atoms with van der Waals surface area (Å²) >= 11 is 0. The molecule has 0 saturated heterocycles. The molecule has 0 atom stereocenters. The molecule has 2 aromatic rings. The molecule has 1 amide bonds. The highest BCUT2D eigenvalue weighted by atomic mass is 16.1. The first kappa shape index (κ1) is 16.0. The van der Waals surface area contributed by atoms with E-state index in [-0.39, 0.29) is 5.91 Å². The number of aromatic nitrogens is 1. The number of amides is 1. The fourth-order valence-electron chi connectivity index (χ4n) is 2.09. The Morgan fingerprint density at radius 2 is 2.05 bits per heavy atom. The number of nitrogens with one attached hydrogen (secondary N) is 2. The van der Waals surface area contributed by atoms with Gasteiger partial charge in [0.15, 0.2) is 0 Å². The van der Waals surface area contributed by atoms with Crippen molar-refractivity contribution in [3.8, 4) is 0 Å². The minimum absolute atomic E-state index is 0.0546. The van der Waals surface area contributed by atoms with Crippen molar-refractivity contribution in [2.75, 3.05) is 17.2 Å². The second kappa shape index (κ2) is 7.59. The molecule has 4 nitrogen and oxygen atoms in total. The highest BCUT2D eigenvalue weighted by Gasteiger charge is 2.05. The Morgan fingerprint density at radius 3 is 2.68 bits per heavy atom. The number of carbonyl (C=O) groups is 1. The maximum Gasteiger partial charge on any atom is 0.229 e. The van der Waals surface area contributed by atoms with Gasteiger partial charge in [-0.25, -0.2) is 4.98 Å². The van der Waals surface area contributed by atoms with Crippen molar-refractivity contribution >= 4 is 17.4 Å². The maximum absolute atomic E-state index is 12.0. The third-order valence-electron chi connectivity index (χ3n) is 3.19. The van der Waals surface area contributed by atoms with E-state index in [1.807, 2.05) is 43.3 Å². The highest BCUT2D eigenvalue weighted by molar-refractivity contribution is 5.91. The molecule has 0 spiro atoms. The molecule has 0 aliphatic heterocycles. The van der Waals surface area contributed by atoms with Crippen LogP contribution >= 0.6 is 0 Å². The Balaban J connectivity index is 1.89. The molecule has 2 N–H and O–H groups in total. The molecule has 1 aromatic carbocycles. The average molecular weight is 297 g/mol. The molecular weight excluding hydrogens is 274 g/mol. The van der Waals surface area contributed by atoms with Crippen molar-refractivity contribution in [2.45, 2.75) is 27.2 Å². The van der Waals surface area contributed by atoms with Gasteiger partial charge in [-0.15, -0.1) is 0 Å². The van der Waals surface area contributed by atoms with Gasteiger partial charge in [0.05, 0.1) is 18.3 Å². The molecule has 2 rings (SSSR count). The lowest BCUT2D eigenvalue weighted by atomic mass is 10.1. The lowest BCUT2D eigenvalue weighted by Gasteiger charge is -2.09. The predicted octanol–water partition coefficient (Wildman–Crippen LogP) is 3.64. The first-order chi connectivity index (χ1) is 10.5. The Bertz CT molecular complexity index is 620. The number of hydrogen-bond acceptors (Lipinski definition) is 3. The lowest BCUT2D eigenvalue weighted by Crippen LogP contribution is -2.15. The van der Waals surface area contributed by atoms with Gasteiger partial charge >= 0.3 is 0 Å². The minimum Gasteiger partial charge on any atom is -0.384 e. The predicted molar refractivity (Wildman–Crippen MR) is 91.1 cm³/mol. The first-order valence-electron chi connectivity index (χ1n) is 7.58. The second-order valence-electron chi connectivity index (χ2n) is 5.92. The zero-order valence-corrected chi connectivity index (χ0v) is 13.4. The van der Waals surface area contributed by atoms with Gasteiger partial charge in [-0.2, -0.15) is 0 Å². The van der Waals surface area contributed by atoms with Gasteiger partial charge in [0.25, 0.3) is 0 Å². The Morgan fingerprint density at radius 1 is 1.23 bits per heavy atom. The molecule has 0 radical (unpaired) electrons. The van der Waals surface area contributed by atoms with Gasteiger partial charge < -0.3 is 10.6 Å². The van der Waals surface area contributed by atoms with Gasteiger partial charge in [-0.1, -0.05) is 43.7 Å². The molecule has 0 fully saturated rings. The molecular formula is C18H23N3O. The number of aryl methyl sites for hydroxylation is 1. The van der Waals surface area contributed by atoms with E-state index >= 15 is 0 Å². The number of hydrogen-bond donors (Lipinski definition) is 2. The van der Waals surface area contributed by atoms with E-state index in [9.17, 15) is 4.79 Å². The summed E-state index contributed by atoms with van der Waals surface area (Å²) < 4.78 is 0. The molecule has 1 aromatic heterocycles. The average Bonchev–Trinajstić information content (AvgIpc) is 2.46. The molecule has 4 heteroatoms. The van der Waals surface area contributed by atoms with Crippen molar-refractivity contribution < 1.29 is 4.79 Å². The van der Waals surface area contributed by atoms with Crippen LogP contribution in [-0.2, 0) is 11.2 Å². The minimum atomic E-state index is -0.0546. The fourth-order valence-corrected chi connectivity index (χ4v) is 2.09. The van der Waals surface area contributed by atoms with Gasteiger partial charge in [0.1, 0.15) is 5.82 Å². The van der Waals surface area contributed by atoms with Crippen LogP contribution in [0.25, 0.3) is 0 Å². The molecule has 22 heavy (non-hydrogen) atoms. The van der Waals surface area contributed by atoms with Crippen LogP contribution < -0.4 is 10.6 Å². The topological polar surface area (TPSA) is 54.0 Å². The summed E-state index contributed by atoms with van der Waals surface area (Å²) in [5.41, 5.74) is 3.13. The van der Waals surface area contributed by atoms with Gasteiger partial charge in [-0.3, -0.25) is 4.79 Å². The van der Waals surface area contributed by atoms with Crippen molar-refractivity contribution in [1.82, 2.24) is 4.98 Å². The van der Waals surface area contributed by atoms with Crippen LogP contribution in [0, 0.1) is 12.8 Å². The summed E-state index contributed by atoms with van der Waals surface area (Å²) in [4.78, 5) is 16.3. The second-order valence-corrected chi connectivity index (χ2v) is 5.92. The molecule has 0 bridgehead atoms. The SMILES string of the molecule is Cc1cccc(CC(=O)Nc2ccc(NCC(C)C)cn2)c1. The smallest absolute Gasteiger partial charge is 0.229 e. The first-order valence-corrected chi connectivity index (χ1v) is 7.58. The van der Waals surface area contributed by atoms with Crippen molar-refractivity contribution in [3.63, 3.8) is 0 Å². The number of anilines is 2. The van der Waals surface area contributed by atoms with Crippen LogP contribution in [0.2, 0.25) is 0 Å². The van der Waals surface area contributed by atoms with Gasteiger partial charge in [0.2, 0.25) is 5.91 Å². The summed E-state index contributed by atoms with van der Waals surface area (Å²) in [7, 11) is 0. The standard InChI is InChI=1S/C18H23N3O/c1-13(2)11-19-16-7-8-17(20-12-16)21-18(22)10-15-6-4-5-14(3)9-15/h4-9,12-13,19H,10-11H2,1-3H3,(H,20,21,22). The Kier molecular flexibility index (Phi) is 5.53. The van der Waals surface area contributed by atoms with Crippen LogP contribution in [0.1, 0.15) is 25.0 Å². The van der Waals surface area contributed by atoms with E-state index in [2.05, 4.69) is 29.5 Å². The Labute approximate surface area is 132 Å². The summed E-state index contributed by atoms with van der Waals surface area (Å²) in [5.74, 6) is 1.10. The lowest BCUT2D eigenvalue weighted by molar-refractivity contribution is -0.115. The van der Waals surface area contributed by atoms with Crippen molar-refractivity contribution in [1.29, 1.82) is 0 Å². The van der Waals surface area contributed by atoms with E-state index in [1.165, 1.54) is 0 Å². The van der Waals surface area contributed by atoms with Crippen molar-refractivity contribution in [2.24, 2.45) is 5.92 Å². The van der Waals surface area contributed by atoms with E-state index < -0.39 is 0 Å². The van der Waals surface area contributed by atoms with Gasteiger partial charge in [-0.05, 0) is 30.5 Å². The van der Waals surface area contributed by atoms with Crippen LogP contribution in [0.3, 0.4) is 0 Å². The number of carbonyl (C=O) groups excluding carboxylic acids is 1. The van der Waals surface area contributed by atoms with E-state index in [4.69, 9.17) is 0 Å². The molecule has 1 heterocycles. The summed E-state index contributed by atoms with van der Waals surface area (Å²) in [6.07, 6.45) is 2.10. The maximum atomic E-state index is 12.0. The molecule has 0 unspecified atom stereocenters. The van der Waals surface area contributed by atoms with Crippen LogP contribution in [0.4, 0.5) is 11.5 Å². The Hall–Kier alpha value is -2.36. The third-order valence-corrected chi connectivity index (χ3v) is 3.19. The number of pyridine rings is 1. The summed E-state index contributed by atoms with van der Waals surface area (Å²) in [5, 5.41) is 6.12. The number of nitrogens with zero attached hydrogens (tertiary/aromatic N) is 1. The molecule has 0 aliphatic rings. The van der Waals surface area contributed by atoms with Crippen LogP contribution in [0.5, 0.6) is 0 Å². The van der Waals surface area contributed by atoms with Gasteiger partial charge in [0, 0.05) is 6.54 Å². The van der Waals surface area contributed by atoms with E-state index in [0.29, 0.717) is 18.2 Å². The normalized spacial score (nSPS) is 10.5. The largest absolute Gasteiger partial charge is 0.384 e. The monoisotopic (exact) mass is 297 g/mol. The van der Waals surface area contributed by atoms with Crippen LogP contribution in [-0.4, -0.2) is 17.4 Å². The van der Waals surface area contributed by atoms with E-state index in [0.717, 1.165) is 23.4 Å². The summed E-state index contributed by atoms with van der Waals surface area (Å²) in [6.45, 7) is 7.23. The summed E-state index contributed by atoms with van der Waals surface area (Å²) in [6, 6.07) is 11.7. The molecule has 116 valence electrons. The molecule has 0 saturated carbocycles. The zero-order valence-electron chi connectivity index (χ0n) is 13.4. The highest BCUT2D eigenvalue weighted by Crippen LogP contribution is 2.11. The van der Waals surface area contributed by atoms with E-state index in [1.54, 1.807) is 6.20 Å². The third kappa shape index (κ3) is 5.20.